The van der Waals surface area contributed by atoms with E-state index in [2.05, 4.69) is 10.4 Å². The first-order chi connectivity index (χ1) is 10.5. The number of fused-ring (bicyclic) bond motifs is 1. The number of benzene rings is 1. The molecule has 1 aromatic carbocycles. The van der Waals surface area contributed by atoms with Crippen LogP contribution >= 0.6 is 0 Å². The number of carbonyl (C=O) groups is 1. The number of carbonyl (C=O) groups excluding carboxylic acids is 1. The maximum atomic E-state index is 12.2. The highest BCUT2D eigenvalue weighted by molar-refractivity contribution is 5.92. The predicted octanol–water partition coefficient (Wildman–Crippen LogP) is 2.43. The van der Waals surface area contributed by atoms with E-state index < -0.39 is 0 Å². The Morgan fingerprint density at radius 2 is 2.09 bits per heavy atom. The highest BCUT2D eigenvalue weighted by Crippen LogP contribution is 2.32. The van der Waals surface area contributed by atoms with Crippen molar-refractivity contribution in [1.29, 1.82) is 0 Å². The summed E-state index contributed by atoms with van der Waals surface area (Å²) < 4.78 is 12.4. The van der Waals surface area contributed by atoms with Crippen molar-refractivity contribution in [2.24, 2.45) is 0 Å². The van der Waals surface area contributed by atoms with Gasteiger partial charge < -0.3 is 14.8 Å². The Bertz CT molecular complexity index is 707. The van der Waals surface area contributed by atoms with Crippen molar-refractivity contribution in [3.05, 3.63) is 41.2 Å². The molecule has 0 saturated carbocycles. The van der Waals surface area contributed by atoms with Gasteiger partial charge in [-0.15, -0.1) is 0 Å². The van der Waals surface area contributed by atoms with Gasteiger partial charge in [-0.1, -0.05) is 6.07 Å². The summed E-state index contributed by atoms with van der Waals surface area (Å²) in [6.07, 6.45) is 0. The fourth-order valence-corrected chi connectivity index (χ4v) is 2.45. The molecule has 0 spiro atoms. The summed E-state index contributed by atoms with van der Waals surface area (Å²) in [7, 11) is 0. The normalized spacial score (nSPS) is 12.7. The molecule has 2 heterocycles. The van der Waals surface area contributed by atoms with Crippen molar-refractivity contribution in [2.75, 3.05) is 6.79 Å². The molecular weight excluding hydrogens is 282 g/mol. The average molecular weight is 301 g/mol. The Morgan fingerprint density at radius 1 is 1.32 bits per heavy atom. The fourth-order valence-electron chi connectivity index (χ4n) is 2.45. The average Bonchev–Trinajstić information content (AvgIpc) is 3.10. The molecule has 0 bridgehead atoms. The third-order valence-corrected chi connectivity index (χ3v) is 3.53. The summed E-state index contributed by atoms with van der Waals surface area (Å²) >= 11 is 0. The van der Waals surface area contributed by atoms with E-state index in [1.807, 2.05) is 43.7 Å². The van der Waals surface area contributed by atoms with Crippen LogP contribution in [0, 0.1) is 6.92 Å². The van der Waals surface area contributed by atoms with Crippen LogP contribution in [0.4, 0.5) is 0 Å². The molecule has 1 aliphatic rings. The topological polar surface area (TPSA) is 65.4 Å². The predicted molar refractivity (Wildman–Crippen MR) is 81.1 cm³/mol. The number of hydrogen-bond acceptors (Lipinski definition) is 4. The highest BCUT2D eigenvalue weighted by Gasteiger charge is 2.15. The van der Waals surface area contributed by atoms with Crippen LogP contribution in [0.5, 0.6) is 11.5 Å². The number of hydrogen-bond donors (Lipinski definition) is 1. The van der Waals surface area contributed by atoms with Crippen LogP contribution in [-0.2, 0) is 6.54 Å². The van der Waals surface area contributed by atoms with Gasteiger partial charge in [0.2, 0.25) is 6.79 Å². The zero-order valence-electron chi connectivity index (χ0n) is 12.9. The molecule has 3 rings (SSSR count). The quantitative estimate of drug-likeness (QED) is 0.942. The number of amides is 1. The second-order valence-corrected chi connectivity index (χ2v) is 5.58. The Morgan fingerprint density at radius 3 is 2.82 bits per heavy atom. The van der Waals surface area contributed by atoms with Crippen LogP contribution in [-0.4, -0.2) is 22.5 Å². The van der Waals surface area contributed by atoms with Gasteiger partial charge in [0.25, 0.3) is 5.91 Å². The van der Waals surface area contributed by atoms with Crippen molar-refractivity contribution < 1.29 is 14.3 Å². The molecule has 1 aliphatic heterocycles. The lowest BCUT2D eigenvalue weighted by molar-refractivity contribution is 0.0945. The molecule has 6 heteroatoms. The molecule has 0 atom stereocenters. The lowest BCUT2D eigenvalue weighted by Crippen LogP contribution is -2.23. The fraction of sp³-hybridized carbons (Fsp3) is 0.375. The smallest absolute Gasteiger partial charge is 0.272 e. The van der Waals surface area contributed by atoms with E-state index in [0.29, 0.717) is 18.0 Å². The van der Waals surface area contributed by atoms with Crippen LogP contribution in [0.2, 0.25) is 0 Å². The molecular formula is C16H19N3O3. The van der Waals surface area contributed by atoms with Gasteiger partial charge in [-0.25, -0.2) is 0 Å². The van der Waals surface area contributed by atoms with Gasteiger partial charge in [-0.2, -0.15) is 5.10 Å². The molecule has 1 N–H and O–H groups in total. The molecule has 0 radical (unpaired) electrons. The van der Waals surface area contributed by atoms with Gasteiger partial charge in [0.05, 0.1) is 0 Å². The van der Waals surface area contributed by atoms with E-state index in [1.165, 1.54) is 0 Å². The Kier molecular flexibility index (Phi) is 3.75. The van der Waals surface area contributed by atoms with E-state index in [4.69, 9.17) is 9.47 Å². The first kappa shape index (κ1) is 14.4. The summed E-state index contributed by atoms with van der Waals surface area (Å²) in [6.45, 7) is 6.68. The van der Waals surface area contributed by atoms with Crippen molar-refractivity contribution in [1.82, 2.24) is 15.1 Å². The van der Waals surface area contributed by atoms with Crippen molar-refractivity contribution in [2.45, 2.75) is 33.4 Å². The highest BCUT2D eigenvalue weighted by atomic mass is 16.7. The lowest BCUT2D eigenvalue weighted by atomic mass is 10.2. The summed E-state index contributed by atoms with van der Waals surface area (Å²) in [5.74, 6) is 1.27. The first-order valence-corrected chi connectivity index (χ1v) is 7.27. The van der Waals surface area contributed by atoms with Crippen molar-refractivity contribution in [3.63, 3.8) is 0 Å². The molecule has 1 aromatic heterocycles. The minimum absolute atomic E-state index is 0.180. The third-order valence-electron chi connectivity index (χ3n) is 3.53. The number of rotatable bonds is 4. The molecule has 0 unspecified atom stereocenters. The SMILES string of the molecule is Cc1cc(C(=O)NCc2ccc3c(c2)OCO3)nn1C(C)C. The van der Waals surface area contributed by atoms with Gasteiger partial charge in [-0.3, -0.25) is 9.48 Å². The summed E-state index contributed by atoms with van der Waals surface area (Å²) in [4.78, 5) is 12.2. The minimum Gasteiger partial charge on any atom is -0.454 e. The minimum atomic E-state index is -0.180. The van der Waals surface area contributed by atoms with Gasteiger partial charge in [0.15, 0.2) is 11.5 Å². The number of aryl methyl sites for hydroxylation is 1. The molecule has 0 aliphatic carbocycles. The molecule has 0 saturated heterocycles. The maximum Gasteiger partial charge on any atom is 0.272 e. The maximum absolute atomic E-state index is 12.2. The monoisotopic (exact) mass is 301 g/mol. The van der Waals surface area contributed by atoms with Gasteiger partial charge in [-0.05, 0) is 44.5 Å². The Labute approximate surface area is 129 Å². The molecule has 22 heavy (non-hydrogen) atoms. The van der Waals surface area contributed by atoms with E-state index in [1.54, 1.807) is 6.07 Å². The number of nitrogens with zero attached hydrogens (tertiary/aromatic N) is 2. The zero-order valence-corrected chi connectivity index (χ0v) is 12.9. The van der Waals surface area contributed by atoms with Crippen LogP contribution < -0.4 is 14.8 Å². The molecule has 0 fully saturated rings. The second-order valence-electron chi connectivity index (χ2n) is 5.58. The van der Waals surface area contributed by atoms with Crippen molar-refractivity contribution >= 4 is 5.91 Å². The summed E-state index contributed by atoms with van der Waals surface area (Å²) in [5.41, 5.74) is 2.37. The third kappa shape index (κ3) is 2.77. The number of nitrogens with one attached hydrogen (secondary N) is 1. The van der Waals surface area contributed by atoms with Crippen LogP contribution in [0.3, 0.4) is 0 Å². The van der Waals surface area contributed by atoms with Gasteiger partial charge in [0, 0.05) is 18.3 Å². The zero-order chi connectivity index (χ0) is 15.7. The van der Waals surface area contributed by atoms with Gasteiger partial charge in [0.1, 0.15) is 5.69 Å². The van der Waals surface area contributed by atoms with Crippen LogP contribution in [0.25, 0.3) is 0 Å². The van der Waals surface area contributed by atoms with Crippen LogP contribution in [0.15, 0.2) is 24.3 Å². The molecule has 2 aromatic rings. The number of aromatic nitrogens is 2. The standard InChI is InChI=1S/C16H19N3O3/c1-10(2)19-11(3)6-13(18-19)16(20)17-8-12-4-5-14-15(7-12)22-9-21-14/h4-7,10H,8-9H2,1-3H3,(H,17,20). The Balaban J connectivity index is 1.66. The molecule has 116 valence electrons. The van der Waals surface area contributed by atoms with E-state index >= 15 is 0 Å². The molecule has 1 amide bonds. The van der Waals surface area contributed by atoms with E-state index in [-0.39, 0.29) is 18.7 Å². The Hall–Kier alpha value is -2.50. The lowest BCUT2D eigenvalue weighted by Gasteiger charge is -2.07. The van der Waals surface area contributed by atoms with Gasteiger partial charge >= 0.3 is 0 Å². The first-order valence-electron chi connectivity index (χ1n) is 7.27. The second kappa shape index (κ2) is 5.71. The molecule has 6 nitrogen and oxygen atoms in total. The number of ether oxygens (including phenoxy) is 2. The largest absolute Gasteiger partial charge is 0.454 e. The van der Waals surface area contributed by atoms with E-state index in [9.17, 15) is 4.79 Å². The van der Waals surface area contributed by atoms with E-state index in [0.717, 1.165) is 17.0 Å². The summed E-state index contributed by atoms with van der Waals surface area (Å²) in [5, 5.41) is 7.21. The summed E-state index contributed by atoms with van der Waals surface area (Å²) in [6, 6.07) is 7.67. The van der Waals surface area contributed by atoms with Crippen molar-refractivity contribution in [3.8, 4) is 11.5 Å². The van der Waals surface area contributed by atoms with Crippen LogP contribution in [0.1, 0.15) is 41.6 Å².